The minimum atomic E-state index is -2.47. The molecule has 42 heavy (non-hydrogen) atoms. The van der Waals surface area contributed by atoms with Crippen LogP contribution in [0.4, 0.5) is 0 Å². The van der Waals surface area contributed by atoms with Crippen LogP contribution in [-0.4, -0.2) is 39.4 Å². The van der Waals surface area contributed by atoms with Gasteiger partial charge in [0.15, 0.2) is 7.83 Å². The average molecular weight is 601 g/mol. The number of hydrogen-bond donors (Lipinski definition) is 0. The fraction of sp³-hybridized carbons (Fsp3) is 0.417. The Morgan fingerprint density at radius 1 is 0.881 bits per heavy atom. The van der Waals surface area contributed by atoms with Crippen LogP contribution in [0.3, 0.4) is 0 Å². The molecule has 4 nitrogen and oxygen atoms in total. The monoisotopic (exact) mass is 600 g/mol. The van der Waals surface area contributed by atoms with Crippen molar-refractivity contribution in [2.45, 2.75) is 95.2 Å². The highest BCUT2D eigenvalue weighted by Gasteiger charge is 2.62. The fourth-order valence-corrected chi connectivity index (χ4v) is 25.6. The maximum atomic E-state index is 12.1. The Balaban J connectivity index is 1.87. The van der Waals surface area contributed by atoms with Gasteiger partial charge in [-0.1, -0.05) is 136 Å². The summed E-state index contributed by atoms with van der Waals surface area (Å²) >= 11 is 0. The third kappa shape index (κ3) is 7.22. The molecule has 3 unspecified atom stereocenters. The average Bonchev–Trinajstić information content (AvgIpc) is 3.01. The number of carbonyl (C=O) groups is 1. The van der Waals surface area contributed by atoms with Crippen molar-refractivity contribution in [3.8, 4) is 0 Å². The number of carbonyl (C=O) groups excluding carboxylic acids is 1. The first-order chi connectivity index (χ1) is 20.3. The van der Waals surface area contributed by atoms with Gasteiger partial charge in [0, 0.05) is 12.5 Å². The summed E-state index contributed by atoms with van der Waals surface area (Å²) in [6, 6.07) is 38.4. The van der Waals surface area contributed by atoms with Crippen molar-refractivity contribution in [2.75, 3.05) is 0 Å². The lowest BCUT2D eigenvalue weighted by molar-refractivity contribution is -0.206. The number of benzene rings is 3. The number of hydrogen-bond acceptors (Lipinski definition) is 4. The minimum absolute atomic E-state index is 0.232. The van der Waals surface area contributed by atoms with Crippen LogP contribution in [0.25, 0.3) is 0 Å². The predicted octanol–water partition coefficient (Wildman–Crippen LogP) is 8.33. The third-order valence-corrected chi connectivity index (χ3v) is 28.2. The number of rotatable bonds is 14. The molecule has 0 spiro atoms. The molecule has 1 aliphatic rings. The van der Waals surface area contributed by atoms with Gasteiger partial charge in [0.1, 0.15) is 0 Å². The van der Waals surface area contributed by atoms with Gasteiger partial charge in [-0.15, -0.1) is 0 Å². The Morgan fingerprint density at radius 2 is 1.38 bits per heavy atom. The van der Waals surface area contributed by atoms with E-state index in [4.69, 9.17) is 13.9 Å². The Morgan fingerprint density at radius 3 is 1.83 bits per heavy atom. The van der Waals surface area contributed by atoms with Crippen molar-refractivity contribution in [3.63, 3.8) is 0 Å². The van der Waals surface area contributed by atoms with Gasteiger partial charge in [-0.3, -0.25) is 0 Å². The first-order valence-corrected chi connectivity index (χ1v) is 21.6. The summed E-state index contributed by atoms with van der Waals surface area (Å²) in [5.74, 6) is -0.473. The van der Waals surface area contributed by atoms with Crippen LogP contribution in [0.1, 0.15) is 57.2 Å². The molecule has 4 rings (SSSR count). The molecular formula is C36H48O4Si2. The zero-order valence-corrected chi connectivity index (χ0v) is 27.9. The molecule has 3 aromatic rings. The van der Waals surface area contributed by atoms with Gasteiger partial charge in [-0.2, -0.15) is 0 Å². The summed E-state index contributed by atoms with van der Waals surface area (Å²) in [5.41, 5.74) is 3.47. The van der Waals surface area contributed by atoms with E-state index >= 15 is 0 Å². The molecule has 0 aromatic heterocycles. The van der Waals surface area contributed by atoms with Crippen LogP contribution in [0, 0.1) is 0 Å². The van der Waals surface area contributed by atoms with Crippen LogP contribution in [0.2, 0.25) is 18.1 Å². The van der Waals surface area contributed by atoms with Crippen LogP contribution in [0.5, 0.6) is 0 Å². The molecule has 1 aliphatic heterocycles. The summed E-state index contributed by atoms with van der Waals surface area (Å²) < 4.78 is 20.2. The molecule has 0 amide bonds. The van der Waals surface area contributed by atoms with E-state index in [-0.39, 0.29) is 6.10 Å². The molecule has 3 atom stereocenters. The second-order valence-corrected chi connectivity index (χ2v) is 25.2. The van der Waals surface area contributed by atoms with Crippen LogP contribution < -0.4 is 0 Å². The summed E-state index contributed by atoms with van der Waals surface area (Å²) in [6.07, 6.45) is 2.75. The van der Waals surface area contributed by atoms with Crippen LogP contribution in [-0.2, 0) is 37.2 Å². The minimum Gasteiger partial charge on any atom is -0.433 e. The highest BCUT2D eigenvalue weighted by Crippen LogP contribution is 2.49. The van der Waals surface area contributed by atoms with Crippen molar-refractivity contribution in [2.24, 2.45) is 0 Å². The van der Waals surface area contributed by atoms with E-state index in [1.54, 1.807) is 6.92 Å². The molecule has 0 aliphatic carbocycles. The topological polar surface area (TPSA) is 44.8 Å². The quantitative estimate of drug-likeness (QED) is 0.0808. The molecular weight excluding hydrogens is 553 g/mol. The Labute approximate surface area is 255 Å². The summed E-state index contributed by atoms with van der Waals surface area (Å²) in [7, 11) is -4.32. The van der Waals surface area contributed by atoms with Gasteiger partial charge in [-0.25, -0.2) is 4.79 Å². The molecule has 3 aromatic carbocycles. The van der Waals surface area contributed by atoms with Crippen LogP contribution in [0.15, 0.2) is 104 Å². The lowest BCUT2D eigenvalue weighted by Gasteiger charge is -2.59. The van der Waals surface area contributed by atoms with Crippen molar-refractivity contribution >= 4 is 21.4 Å². The highest BCUT2D eigenvalue weighted by molar-refractivity contribution is 7.39. The maximum Gasteiger partial charge on any atom is 0.332 e. The summed E-state index contributed by atoms with van der Waals surface area (Å²) in [5, 5.41) is 0. The SMILES string of the molecule is C=CC(=O)OC(C)OC(CC)C1(Cc2ccccc2)CC[Si](CC)(CC)[Si](Cc2ccccc2)(Cc2ccccc2)O1. The van der Waals surface area contributed by atoms with Crippen molar-refractivity contribution < 1.29 is 18.7 Å². The van der Waals surface area contributed by atoms with E-state index in [0.29, 0.717) is 0 Å². The van der Waals surface area contributed by atoms with Gasteiger partial charge in [0.2, 0.25) is 6.29 Å². The highest BCUT2D eigenvalue weighted by atomic mass is 29.3. The summed E-state index contributed by atoms with van der Waals surface area (Å²) in [4.78, 5) is 12.1. The molecule has 0 bridgehead atoms. The lowest BCUT2D eigenvalue weighted by Crippen LogP contribution is -2.75. The molecule has 0 saturated carbocycles. The van der Waals surface area contributed by atoms with Gasteiger partial charge < -0.3 is 13.9 Å². The molecule has 1 saturated heterocycles. The first kappa shape index (κ1) is 32.1. The second-order valence-electron chi connectivity index (χ2n) is 11.9. The first-order valence-electron chi connectivity index (χ1n) is 15.6. The van der Waals surface area contributed by atoms with E-state index < -0.39 is 33.3 Å². The standard InChI is InChI=1S/C36H48O4Si2/c1-6-34(38-30(5)39-35(37)7-2)36(27-31-19-13-10-14-20-31)25-26-41(8-3,9-4)42(40-36,28-32-21-15-11-16-22-32)29-33-23-17-12-18-24-33/h7,10-24,30,34H,2,6,8-9,25-29H2,1,3-5H3. The van der Waals surface area contributed by atoms with Crippen molar-refractivity contribution in [1.29, 1.82) is 0 Å². The summed E-state index contributed by atoms with van der Waals surface area (Å²) in [6.45, 7) is 12.4. The fourth-order valence-electron chi connectivity index (χ4n) is 7.31. The lowest BCUT2D eigenvalue weighted by atomic mass is 9.85. The van der Waals surface area contributed by atoms with E-state index in [0.717, 1.165) is 31.4 Å². The van der Waals surface area contributed by atoms with Gasteiger partial charge in [0.05, 0.1) is 19.3 Å². The zero-order chi connectivity index (χ0) is 30.1. The van der Waals surface area contributed by atoms with Crippen molar-refractivity contribution in [3.05, 3.63) is 120 Å². The molecule has 6 heteroatoms. The Bertz CT molecular complexity index is 1220. The zero-order valence-electron chi connectivity index (χ0n) is 25.9. The van der Waals surface area contributed by atoms with E-state index in [2.05, 4.69) is 118 Å². The molecule has 1 fully saturated rings. The number of ether oxygens (including phenoxy) is 2. The third-order valence-electron chi connectivity index (χ3n) is 9.52. The van der Waals surface area contributed by atoms with E-state index in [9.17, 15) is 4.79 Å². The normalized spacial score (nSPS) is 20.8. The van der Waals surface area contributed by atoms with Gasteiger partial charge >= 0.3 is 5.97 Å². The van der Waals surface area contributed by atoms with E-state index in [1.165, 1.54) is 40.9 Å². The molecule has 1 heterocycles. The van der Waals surface area contributed by atoms with Gasteiger partial charge in [-0.05, 0) is 48.5 Å². The molecule has 0 N–H and O–H groups in total. The predicted molar refractivity (Wildman–Crippen MR) is 177 cm³/mol. The Kier molecular flexibility index (Phi) is 11.2. The molecule has 224 valence electrons. The smallest absolute Gasteiger partial charge is 0.332 e. The number of esters is 1. The molecule has 0 radical (unpaired) electrons. The van der Waals surface area contributed by atoms with Gasteiger partial charge in [0.25, 0.3) is 0 Å². The Hall–Kier alpha value is -2.78. The maximum absolute atomic E-state index is 12.1. The van der Waals surface area contributed by atoms with Crippen LogP contribution >= 0.6 is 0 Å². The van der Waals surface area contributed by atoms with E-state index in [1.807, 2.05) is 0 Å². The van der Waals surface area contributed by atoms with Crippen molar-refractivity contribution in [1.82, 2.24) is 0 Å². The largest absolute Gasteiger partial charge is 0.433 e. The second kappa shape index (κ2) is 14.6.